The molecule has 0 unspecified atom stereocenters. The van der Waals surface area contributed by atoms with Crippen molar-refractivity contribution in [3.8, 4) is 0 Å². The van der Waals surface area contributed by atoms with Crippen LogP contribution in [0, 0.1) is 11.6 Å². The van der Waals surface area contributed by atoms with Gasteiger partial charge in [-0.05, 0) is 0 Å². The average Bonchev–Trinajstić information content (AvgIpc) is 2.10. The van der Waals surface area contributed by atoms with Crippen molar-refractivity contribution >= 4 is 28.3 Å². The Morgan fingerprint density at radius 2 is 2.31 bits per heavy atom. The van der Waals surface area contributed by atoms with Gasteiger partial charge >= 0.3 is 0 Å². The van der Waals surface area contributed by atoms with Crippen molar-refractivity contribution in [2.45, 2.75) is 0 Å². The van der Waals surface area contributed by atoms with E-state index in [1.807, 2.05) is 22.6 Å². The van der Waals surface area contributed by atoms with Gasteiger partial charge in [-0.2, -0.15) is 0 Å². The normalized spacial score (nSPS) is 11.8. The molecule has 1 aromatic rings. The summed E-state index contributed by atoms with van der Waals surface area (Å²) in [4.78, 5) is 3.47. The Hall–Kier alpha value is -0.790. The summed E-state index contributed by atoms with van der Waals surface area (Å²) in [6.07, 6.45) is 0.871. The van der Waals surface area contributed by atoms with Gasteiger partial charge in [0.25, 0.3) is 0 Å². The van der Waals surface area contributed by atoms with Crippen molar-refractivity contribution < 1.29 is 14.0 Å². The quantitative estimate of drug-likeness (QED) is 0.298. The number of nitrogens with zero attached hydrogens (tertiary/aromatic N) is 2. The molecule has 1 heterocycles. The fraction of sp³-hybridized carbons (Fsp3) is 0.143. The molecule has 0 spiro atoms. The van der Waals surface area contributed by atoms with Crippen molar-refractivity contribution in [1.29, 1.82) is 0 Å². The van der Waals surface area contributed by atoms with Crippen LogP contribution in [0.15, 0.2) is 17.4 Å². The highest BCUT2D eigenvalue weighted by molar-refractivity contribution is 14.1. The lowest BCUT2D eigenvalue weighted by atomic mass is 10.2. The maximum absolute atomic E-state index is 13.0. The van der Waals surface area contributed by atoms with Gasteiger partial charge in [0.05, 0.1) is 6.20 Å². The highest BCUT2D eigenvalue weighted by Crippen LogP contribution is 2.08. The molecule has 1 N–H and O–H groups in total. The molecular weight excluding hydrogens is 293 g/mol. The van der Waals surface area contributed by atoms with Crippen molar-refractivity contribution in [1.82, 2.24) is 4.98 Å². The molecule has 1 rings (SSSR count). The lowest BCUT2D eigenvalue weighted by Crippen LogP contribution is -2.08. The molecule has 0 saturated carbocycles. The summed E-state index contributed by atoms with van der Waals surface area (Å²) in [5.74, 6) is -1.59. The molecule has 1 aromatic heterocycles. The van der Waals surface area contributed by atoms with E-state index in [1.165, 1.54) is 0 Å². The maximum Gasteiger partial charge on any atom is 0.153 e. The second kappa shape index (κ2) is 4.45. The summed E-state index contributed by atoms with van der Waals surface area (Å²) >= 11 is 1.89. The lowest BCUT2D eigenvalue weighted by molar-refractivity contribution is 0.319. The van der Waals surface area contributed by atoms with Gasteiger partial charge in [0.1, 0.15) is 17.2 Å². The topological polar surface area (TPSA) is 45.5 Å². The van der Waals surface area contributed by atoms with E-state index in [0.717, 1.165) is 6.20 Å². The smallest absolute Gasteiger partial charge is 0.153 e. The fourth-order valence-electron chi connectivity index (χ4n) is 0.764. The van der Waals surface area contributed by atoms with E-state index < -0.39 is 11.6 Å². The van der Waals surface area contributed by atoms with Crippen LogP contribution in [0.5, 0.6) is 0 Å². The minimum absolute atomic E-state index is 0.0816. The number of pyridine rings is 1. The van der Waals surface area contributed by atoms with Gasteiger partial charge in [-0.15, -0.1) is 0 Å². The number of halogens is 3. The molecule has 13 heavy (non-hydrogen) atoms. The van der Waals surface area contributed by atoms with E-state index in [0.29, 0.717) is 10.5 Å². The highest BCUT2D eigenvalue weighted by Gasteiger charge is 2.11. The van der Waals surface area contributed by atoms with Crippen LogP contribution in [0.1, 0.15) is 5.69 Å². The number of hydrogen-bond acceptors (Lipinski definition) is 3. The zero-order valence-corrected chi connectivity index (χ0v) is 8.49. The molecule has 0 aliphatic heterocycles. The molecule has 0 aromatic carbocycles. The average molecular weight is 298 g/mol. The Bertz CT molecular complexity index is 343. The van der Waals surface area contributed by atoms with Crippen LogP contribution in [-0.2, 0) is 0 Å². The van der Waals surface area contributed by atoms with Gasteiger partial charge in [0.2, 0.25) is 0 Å². The van der Waals surface area contributed by atoms with Gasteiger partial charge in [0, 0.05) is 10.5 Å². The van der Waals surface area contributed by atoms with E-state index in [1.54, 1.807) is 0 Å². The van der Waals surface area contributed by atoms with Gasteiger partial charge in [-0.25, -0.2) is 13.8 Å². The molecule has 0 aliphatic carbocycles. The second-order valence-electron chi connectivity index (χ2n) is 2.16. The first-order valence-electron chi connectivity index (χ1n) is 3.27. The van der Waals surface area contributed by atoms with Crippen molar-refractivity contribution in [3.05, 3.63) is 29.6 Å². The zero-order valence-electron chi connectivity index (χ0n) is 6.34. The standard InChI is InChI=1S/C7H5F2IN2O/c8-4-1-5(9)7(11-3-4)6(2-10)12-13/h1,3,13H,2H2. The van der Waals surface area contributed by atoms with Crippen LogP contribution >= 0.6 is 22.6 Å². The Labute approximate surface area is 86.6 Å². The summed E-state index contributed by atoms with van der Waals surface area (Å²) in [6.45, 7) is 0. The monoisotopic (exact) mass is 298 g/mol. The summed E-state index contributed by atoms with van der Waals surface area (Å²) < 4.78 is 25.7. The number of oxime groups is 1. The van der Waals surface area contributed by atoms with Crippen molar-refractivity contribution in [2.75, 3.05) is 4.43 Å². The molecule has 0 saturated heterocycles. The minimum atomic E-state index is -0.829. The Balaban J connectivity index is 3.15. The molecule has 0 bridgehead atoms. The largest absolute Gasteiger partial charge is 0.411 e. The number of rotatable bonds is 2. The van der Waals surface area contributed by atoms with Crippen molar-refractivity contribution in [2.24, 2.45) is 5.16 Å². The second-order valence-corrected chi connectivity index (χ2v) is 2.93. The number of alkyl halides is 1. The van der Waals surface area contributed by atoms with E-state index in [-0.39, 0.29) is 11.4 Å². The van der Waals surface area contributed by atoms with Gasteiger partial charge in [-0.1, -0.05) is 27.7 Å². The summed E-state index contributed by atoms with van der Waals surface area (Å²) in [5, 5.41) is 11.3. The van der Waals surface area contributed by atoms with E-state index in [4.69, 9.17) is 5.21 Å². The van der Waals surface area contributed by atoms with E-state index >= 15 is 0 Å². The molecule has 0 radical (unpaired) electrons. The summed E-state index contributed by atoms with van der Waals surface area (Å²) in [5.41, 5.74) is -0.0450. The first-order chi connectivity index (χ1) is 6.19. The van der Waals surface area contributed by atoms with E-state index in [2.05, 4.69) is 10.1 Å². The Morgan fingerprint density at radius 1 is 1.62 bits per heavy atom. The van der Waals surface area contributed by atoms with Crippen LogP contribution in [0.2, 0.25) is 0 Å². The third-order valence-corrected chi connectivity index (χ3v) is 2.05. The molecule has 0 amide bonds. The number of aromatic nitrogens is 1. The first kappa shape index (κ1) is 10.3. The van der Waals surface area contributed by atoms with Crippen LogP contribution in [-0.4, -0.2) is 20.3 Å². The lowest BCUT2D eigenvalue weighted by Gasteiger charge is -2.00. The van der Waals surface area contributed by atoms with E-state index in [9.17, 15) is 8.78 Å². The van der Waals surface area contributed by atoms with Crippen LogP contribution in [0.3, 0.4) is 0 Å². The fourth-order valence-corrected chi connectivity index (χ4v) is 1.28. The van der Waals surface area contributed by atoms with Crippen molar-refractivity contribution in [3.63, 3.8) is 0 Å². The number of hydrogen-bond donors (Lipinski definition) is 1. The predicted molar refractivity (Wildman–Crippen MR) is 51.4 cm³/mol. The molecule has 0 aliphatic rings. The van der Waals surface area contributed by atoms with Gasteiger partial charge in [0.15, 0.2) is 5.82 Å². The van der Waals surface area contributed by atoms with Crippen LogP contribution in [0.4, 0.5) is 8.78 Å². The zero-order chi connectivity index (χ0) is 9.84. The molecule has 70 valence electrons. The van der Waals surface area contributed by atoms with Gasteiger partial charge in [-0.3, -0.25) is 0 Å². The Morgan fingerprint density at radius 3 is 2.77 bits per heavy atom. The third-order valence-electron chi connectivity index (χ3n) is 1.33. The van der Waals surface area contributed by atoms with Crippen LogP contribution in [0.25, 0.3) is 0 Å². The highest BCUT2D eigenvalue weighted by atomic mass is 127. The molecule has 0 fully saturated rings. The predicted octanol–water partition coefficient (Wildman–Crippen LogP) is 1.97. The van der Waals surface area contributed by atoms with Gasteiger partial charge < -0.3 is 5.21 Å². The third kappa shape index (κ3) is 2.33. The SMILES string of the molecule is ON=C(CI)c1ncc(F)cc1F. The Kier molecular flexibility index (Phi) is 3.52. The summed E-state index contributed by atoms with van der Waals surface area (Å²) in [6, 6.07) is 0.694. The minimum Gasteiger partial charge on any atom is -0.411 e. The molecule has 0 atom stereocenters. The first-order valence-corrected chi connectivity index (χ1v) is 4.80. The van der Waals surface area contributed by atoms with Crippen LogP contribution < -0.4 is 0 Å². The summed E-state index contributed by atoms with van der Waals surface area (Å²) in [7, 11) is 0. The molecule has 3 nitrogen and oxygen atoms in total. The molecular formula is C7H5F2IN2O. The maximum atomic E-state index is 13.0. The molecule has 6 heteroatoms.